The topological polar surface area (TPSA) is 97.3 Å². The molecule has 0 saturated heterocycles. The molecule has 0 saturated carbocycles. The minimum atomic E-state index is -0.759. The molecule has 30 heavy (non-hydrogen) atoms. The van der Waals surface area contributed by atoms with Crippen molar-refractivity contribution in [3.05, 3.63) is 76.8 Å². The quantitative estimate of drug-likeness (QED) is 0.657. The number of hydrogen-bond donors (Lipinski definition) is 1. The van der Waals surface area contributed by atoms with Crippen LogP contribution in [0.1, 0.15) is 51.7 Å². The molecule has 7 nitrogen and oxygen atoms in total. The number of nitrogens with zero attached hydrogens (tertiary/aromatic N) is 2. The average molecular weight is 403 g/mol. The summed E-state index contributed by atoms with van der Waals surface area (Å²) in [4.78, 5) is 25.0. The molecule has 0 bridgehead atoms. The van der Waals surface area contributed by atoms with Crippen LogP contribution in [-0.4, -0.2) is 23.1 Å². The SMILES string of the molecule is Cc1oc(-n2cccc2)c(C#N)c1C(=O)OCC(=O)N[C@@H]1CCCc2ccccc21. The smallest absolute Gasteiger partial charge is 0.343 e. The first-order valence-corrected chi connectivity index (χ1v) is 9.79. The highest BCUT2D eigenvalue weighted by molar-refractivity contribution is 5.95. The average Bonchev–Trinajstić information content (AvgIpc) is 3.39. The van der Waals surface area contributed by atoms with Crippen molar-refractivity contribution in [2.45, 2.75) is 32.2 Å². The van der Waals surface area contributed by atoms with Crippen molar-refractivity contribution >= 4 is 11.9 Å². The number of rotatable bonds is 5. The number of aryl methyl sites for hydroxylation is 2. The van der Waals surface area contributed by atoms with Crippen LogP contribution < -0.4 is 5.32 Å². The van der Waals surface area contributed by atoms with Gasteiger partial charge < -0.3 is 14.5 Å². The predicted octanol–water partition coefficient (Wildman–Crippen LogP) is 3.60. The first kappa shape index (κ1) is 19.5. The molecule has 0 unspecified atom stereocenters. The van der Waals surface area contributed by atoms with E-state index in [0.29, 0.717) is 0 Å². The van der Waals surface area contributed by atoms with Crippen molar-refractivity contribution in [1.29, 1.82) is 5.26 Å². The fourth-order valence-electron chi connectivity index (χ4n) is 3.87. The second kappa shape index (κ2) is 8.29. The fourth-order valence-corrected chi connectivity index (χ4v) is 3.87. The molecule has 4 rings (SSSR count). The molecule has 0 radical (unpaired) electrons. The van der Waals surface area contributed by atoms with E-state index in [0.717, 1.165) is 24.8 Å². The van der Waals surface area contributed by atoms with Gasteiger partial charge in [0.05, 0.1) is 6.04 Å². The Labute approximate surface area is 173 Å². The number of carbonyl (C=O) groups excluding carboxylic acids is 2. The summed E-state index contributed by atoms with van der Waals surface area (Å²) in [6.45, 7) is 1.16. The van der Waals surface area contributed by atoms with Crippen LogP contribution in [0.3, 0.4) is 0 Å². The molecule has 1 aromatic carbocycles. The van der Waals surface area contributed by atoms with Crippen LogP contribution in [-0.2, 0) is 16.0 Å². The van der Waals surface area contributed by atoms with Crippen molar-refractivity contribution in [3.8, 4) is 12.0 Å². The van der Waals surface area contributed by atoms with Gasteiger partial charge in [-0.3, -0.25) is 9.36 Å². The summed E-state index contributed by atoms with van der Waals surface area (Å²) < 4.78 is 12.4. The highest BCUT2D eigenvalue weighted by Gasteiger charge is 2.27. The van der Waals surface area contributed by atoms with Gasteiger partial charge in [-0.2, -0.15) is 5.26 Å². The van der Waals surface area contributed by atoms with E-state index >= 15 is 0 Å². The molecule has 0 aliphatic heterocycles. The van der Waals surface area contributed by atoms with E-state index in [2.05, 4.69) is 11.4 Å². The molecule has 1 aliphatic carbocycles. The number of aromatic nitrogens is 1. The zero-order chi connectivity index (χ0) is 21.1. The zero-order valence-corrected chi connectivity index (χ0v) is 16.6. The molecule has 1 amide bonds. The standard InChI is InChI=1S/C23H21N3O4/c1-15-21(18(13-24)22(30-15)26-11-4-5-12-26)23(28)29-14-20(27)25-19-10-6-8-16-7-2-3-9-17(16)19/h2-5,7,9,11-12,19H,6,8,10,14H2,1H3,(H,25,27)/t19-/m1/s1. The van der Waals surface area contributed by atoms with Crippen molar-refractivity contribution in [3.63, 3.8) is 0 Å². The Bertz CT molecular complexity index is 1120. The maximum Gasteiger partial charge on any atom is 0.343 e. The number of benzene rings is 1. The Kier molecular flexibility index (Phi) is 5.40. The van der Waals surface area contributed by atoms with Crippen molar-refractivity contribution < 1.29 is 18.7 Å². The zero-order valence-electron chi connectivity index (χ0n) is 16.6. The predicted molar refractivity (Wildman–Crippen MR) is 108 cm³/mol. The molecule has 2 aromatic heterocycles. The van der Waals surface area contributed by atoms with E-state index in [1.807, 2.05) is 24.3 Å². The summed E-state index contributed by atoms with van der Waals surface area (Å²) in [5.41, 5.74) is 2.46. The molecule has 1 aliphatic rings. The lowest BCUT2D eigenvalue weighted by Crippen LogP contribution is -2.34. The maximum absolute atomic E-state index is 12.6. The van der Waals surface area contributed by atoms with Crippen LogP contribution in [0.15, 0.2) is 53.2 Å². The molecular weight excluding hydrogens is 382 g/mol. The lowest BCUT2D eigenvalue weighted by Gasteiger charge is -2.26. The van der Waals surface area contributed by atoms with Gasteiger partial charge in [-0.05, 0) is 49.4 Å². The van der Waals surface area contributed by atoms with E-state index in [1.165, 1.54) is 5.56 Å². The van der Waals surface area contributed by atoms with Crippen molar-refractivity contribution in [2.24, 2.45) is 0 Å². The van der Waals surface area contributed by atoms with Gasteiger partial charge >= 0.3 is 5.97 Å². The third kappa shape index (κ3) is 3.72. The van der Waals surface area contributed by atoms with Gasteiger partial charge in [-0.15, -0.1) is 0 Å². The number of esters is 1. The lowest BCUT2D eigenvalue weighted by molar-refractivity contribution is -0.125. The third-order valence-electron chi connectivity index (χ3n) is 5.26. The van der Waals surface area contributed by atoms with E-state index in [9.17, 15) is 14.9 Å². The van der Waals surface area contributed by atoms with Crippen LogP contribution in [0.4, 0.5) is 0 Å². The molecule has 3 aromatic rings. The highest BCUT2D eigenvalue weighted by Crippen LogP contribution is 2.29. The molecule has 152 valence electrons. The summed E-state index contributed by atoms with van der Waals surface area (Å²) in [6, 6.07) is 13.5. The van der Waals surface area contributed by atoms with Crippen LogP contribution in [0, 0.1) is 18.3 Å². The van der Waals surface area contributed by atoms with E-state index in [1.54, 1.807) is 36.0 Å². The summed E-state index contributed by atoms with van der Waals surface area (Å²) in [7, 11) is 0. The molecule has 1 N–H and O–H groups in total. The number of ether oxygens (including phenoxy) is 1. The Morgan fingerprint density at radius 1 is 1.27 bits per heavy atom. The highest BCUT2D eigenvalue weighted by atomic mass is 16.5. The second-order valence-corrected chi connectivity index (χ2v) is 7.20. The van der Waals surface area contributed by atoms with Crippen LogP contribution in [0.5, 0.6) is 0 Å². The van der Waals surface area contributed by atoms with Gasteiger partial charge in [0.15, 0.2) is 6.61 Å². The number of amides is 1. The molecule has 0 spiro atoms. The van der Waals surface area contributed by atoms with Crippen LogP contribution in [0.25, 0.3) is 5.88 Å². The number of hydrogen-bond acceptors (Lipinski definition) is 5. The Morgan fingerprint density at radius 3 is 2.80 bits per heavy atom. The minimum absolute atomic E-state index is 0.0389. The van der Waals surface area contributed by atoms with Gasteiger partial charge in [-0.25, -0.2) is 4.79 Å². The first-order chi connectivity index (χ1) is 14.6. The molecule has 2 heterocycles. The number of carbonyl (C=O) groups is 2. The van der Waals surface area contributed by atoms with Gasteiger partial charge in [0.25, 0.3) is 5.91 Å². The second-order valence-electron chi connectivity index (χ2n) is 7.20. The number of fused-ring (bicyclic) bond motifs is 1. The number of nitrogens with one attached hydrogen (secondary N) is 1. The van der Waals surface area contributed by atoms with Gasteiger partial charge in [0, 0.05) is 12.4 Å². The Hall–Kier alpha value is -3.79. The summed E-state index contributed by atoms with van der Waals surface area (Å²) in [6.07, 6.45) is 6.26. The summed E-state index contributed by atoms with van der Waals surface area (Å²) >= 11 is 0. The monoisotopic (exact) mass is 403 g/mol. The number of nitriles is 1. The normalized spacial score (nSPS) is 15.1. The van der Waals surface area contributed by atoms with Gasteiger partial charge in [0.1, 0.15) is 23.0 Å². The minimum Gasteiger partial charge on any atom is -0.452 e. The summed E-state index contributed by atoms with van der Waals surface area (Å²) in [5.74, 6) is -0.627. The Balaban J connectivity index is 1.43. The molecular formula is C23H21N3O4. The molecule has 0 fully saturated rings. The van der Waals surface area contributed by atoms with Crippen molar-refractivity contribution in [2.75, 3.05) is 6.61 Å². The van der Waals surface area contributed by atoms with Crippen molar-refractivity contribution in [1.82, 2.24) is 9.88 Å². The Morgan fingerprint density at radius 2 is 2.03 bits per heavy atom. The first-order valence-electron chi connectivity index (χ1n) is 9.79. The van der Waals surface area contributed by atoms with Gasteiger partial charge in [-0.1, -0.05) is 24.3 Å². The maximum atomic E-state index is 12.6. The van der Waals surface area contributed by atoms with Crippen LogP contribution in [0.2, 0.25) is 0 Å². The van der Waals surface area contributed by atoms with Gasteiger partial charge in [0.2, 0.25) is 5.88 Å². The van der Waals surface area contributed by atoms with E-state index < -0.39 is 12.6 Å². The van der Waals surface area contributed by atoms with E-state index in [-0.39, 0.29) is 34.7 Å². The van der Waals surface area contributed by atoms with Crippen LogP contribution >= 0.6 is 0 Å². The largest absolute Gasteiger partial charge is 0.452 e. The van der Waals surface area contributed by atoms with E-state index in [4.69, 9.17) is 9.15 Å². The molecule has 1 atom stereocenters. The fraction of sp³-hybridized carbons (Fsp3) is 0.261. The lowest BCUT2D eigenvalue weighted by atomic mass is 9.88. The number of furan rings is 1. The molecule has 7 heteroatoms. The summed E-state index contributed by atoms with van der Waals surface area (Å²) in [5, 5.41) is 12.5. The third-order valence-corrected chi connectivity index (χ3v) is 5.26.